The highest BCUT2D eigenvalue weighted by Gasteiger charge is 2.26. The van der Waals surface area contributed by atoms with Crippen LogP contribution in [0.3, 0.4) is 0 Å². The molecule has 6 nitrogen and oxygen atoms in total. The molecular formula is C14H22N4O2. The van der Waals surface area contributed by atoms with Crippen LogP contribution in [0.1, 0.15) is 20.3 Å². The second kappa shape index (κ2) is 6.19. The minimum atomic E-state index is -0.858. The van der Waals surface area contributed by atoms with Crippen LogP contribution in [0.4, 0.5) is 11.5 Å². The fraction of sp³-hybridized carbons (Fsp3) is 0.571. The van der Waals surface area contributed by atoms with Gasteiger partial charge in [0.1, 0.15) is 5.82 Å². The number of hydrogen-bond donors (Lipinski definition) is 2. The lowest BCUT2D eigenvalue weighted by Crippen LogP contribution is -2.47. The zero-order chi connectivity index (χ0) is 14.6. The molecule has 1 aliphatic rings. The molecule has 1 fully saturated rings. The van der Waals surface area contributed by atoms with Gasteiger partial charge in [0.2, 0.25) is 5.91 Å². The summed E-state index contributed by atoms with van der Waals surface area (Å²) in [5.74, 6) is 0.707. The summed E-state index contributed by atoms with van der Waals surface area (Å²) in [5, 5.41) is 2.79. The van der Waals surface area contributed by atoms with Gasteiger partial charge in [-0.15, -0.1) is 0 Å². The van der Waals surface area contributed by atoms with Crippen LogP contribution in [-0.4, -0.2) is 42.7 Å². The van der Waals surface area contributed by atoms with Crippen LogP contribution in [0.15, 0.2) is 18.3 Å². The van der Waals surface area contributed by atoms with Gasteiger partial charge >= 0.3 is 0 Å². The summed E-state index contributed by atoms with van der Waals surface area (Å²) < 4.78 is 5.31. The van der Waals surface area contributed by atoms with Crippen molar-refractivity contribution >= 4 is 17.4 Å². The highest BCUT2D eigenvalue weighted by Crippen LogP contribution is 2.16. The van der Waals surface area contributed by atoms with Crippen LogP contribution in [0.25, 0.3) is 0 Å². The zero-order valence-corrected chi connectivity index (χ0v) is 12.1. The molecule has 1 unspecified atom stereocenters. The maximum atomic E-state index is 12.0. The van der Waals surface area contributed by atoms with Gasteiger partial charge in [0, 0.05) is 13.1 Å². The van der Waals surface area contributed by atoms with Gasteiger partial charge in [0.15, 0.2) is 0 Å². The number of ether oxygens (including phenoxy) is 1. The number of hydrogen-bond acceptors (Lipinski definition) is 5. The molecule has 0 saturated carbocycles. The van der Waals surface area contributed by atoms with E-state index in [1.807, 2.05) is 19.1 Å². The Morgan fingerprint density at radius 3 is 2.75 bits per heavy atom. The Morgan fingerprint density at radius 1 is 1.50 bits per heavy atom. The molecule has 0 spiro atoms. The number of aromatic nitrogens is 1. The Hall–Kier alpha value is -1.66. The van der Waals surface area contributed by atoms with Crippen LogP contribution < -0.4 is 16.0 Å². The summed E-state index contributed by atoms with van der Waals surface area (Å²) in [5.41, 5.74) is 5.71. The number of nitrogens with one attached hydrogen (secondary N) is 1. The predicted molar refractivity (Wildman–Crippen MR) is 78.8 cm³/mol. The van der Waals surface area contributed by atoms with E-state index in [-0.39, 0.29) is 5.91 Å². The molecule has 0 aliphatic carbocycles. The largest absolute Gasteiger partial charge is 0.378 e. The zero-order valence-electron chi connectivity index (χ0n) is 12.1. The van der Waals surface area contributed by atoms with E-state index in [9.17, 15) is 4.79 Å². The summed E-state index contributed by atoms with van der Waals surface area (Å²) >= 11 is 0. The molecule has 1 aromatic heterocycles. The minimum Gasteiger partial charge on any atom is -0.378 e. The van der Waals surface area contributed by atoms with E-state index in [1.54, 1.807) is 13.1 Å². The molecule has 1 atom stereocenters. The second-order valence-electron chi connectivity index (χ2n) is 5.23. The van der Waals surface area contributed by atoms with E-state index in [0.717, 1.165) is 32.1 Å². The fourth-order valence-corrected chi connectivity index (χ4v) is 1.87. The first-order chi connectivity index (χ1) is 9.53. The third-order valence-electron chi connectivity index (χ3n) is 3.59. The summed E-state index contributed by atoms with van der Waals surface area (Å²) in [6, 6.07) is 3.75. The monoisotopic (exact) mass is 278 g/mol. The van der Waals surface area contributed by atoms with Gasteiger partial charge in [-0.05, 0) is 25.5 Å². The molecular weight excluding hydrogens is 256 g/mol. The van der Waals surface area contributed by atoms with Gasteiger partial charge in [-0.2, -0.15) is 0 Å². The summed E-state index contributed by atoms with van der Waals surface area (Å²) in [6.45, 7) is 6.74. The summed E-state index contributed by atoms with van der Waals surface area (Å²) in [7, 11) is 0. The van der Waals surface area contributed by atoms with Crippen molar-refractivity contribution in [1.82, 2.24) is 4.98 Å². The lowest BCUT2D eigenvalue weighted by Gasteiger charge is -2.28. The molecule has 1 aliphatic heterocycles. The van der Waals surface area contributed by atoms with Gasteiger partial charge < -0.3 is 20.7 Å². The van der Waals surface area contributed by atoms with Crippen LogP contribution >= 0.6 is 0 Å². The Kier molecular flexibility index (Phi) is 4.57. The molecule has 1 amide bonds. The highest BCUT2D eigenvalue weighted by molar-refractivity contribution is 5.97. The average molecular weight is 278 g/mol. The summed E-state index contributed by atoms with van der Waals surface area (Å²) in [6.07, 6.45) is 2.24. The molecule has 0 aromatic carbocycles. The fourth-order valence-electron chi connectivity index (χ4n) is 1.87. The van der Waals surface area contributed by atoms with Crippen LogP contribution in [0.5, 0.6) is 0 Å². The second-order valence-corrected chi connectivity index (χ2v) is 5.23. The molecule has 3 N–H and O–H groups in total. The lowest BCUT2D eigenvalue weighted by atomic mass is 9.99. The number of pyridine rings is 1. The minimum absolute atomic E-state index is 0.194. The van der Waals surface area contributed by atoms with Gasteiger partial charge in [0.25, 0.3) is 0 Å². The number of carbonyl (C=O) groups excluding carboxylic acids is 1. The van der Waals surface area contributed by atoms with Crippen molar-refractivity contribution in [2.75, 3.05) is 36.5 Å². The van der Waals surface area contributed by atoms with Crippen molar-refractivity contribution in [2.24, 2.45) is 5.73 Å². The normalized spacial score (nSPS) is 18.4. The first-order valence-corrected chi connectivity index (χ1v) is 6.92. The first kappa shape index (κ1) is 14.7. The molecule has 2 heterocycles. The van der Waals surface area contributed by atoms with Gasteiger partial charge in [0.05, 0.1) is 30.6 Å². The Balaban J connectivity index is 1.99. The van der Waals surface area contributed by atoms with Crippen molar-refractivity contribution < 1.29 is 9.53 Å². The smallest absolute Gasteiger partial charge is 0.244 e. The number of nitrogens with zero attached hydrogens (tertiary/aromatic N) is 2. The van der Waals surface area contributed by atoms with E-state index in [2.05, 4.69) is 15.2 Å². The molecule has 2 rings (SSSR count). The van der Waals surface area contributed by atoms with Crippen LogP contribution in [-0.2, 0) is 9.53 Å². The van der Waals surface area contributed by atoms with E-state index in [4.69, 9.17) is 10.5 Å². The van der Waals surface area contributed by atoms with E-state index >= 15 is 0 Å². The molecule has 1 aromatic rings. The molecule has 1 saturated heterocycles. The van der Waals surface area contributed by atoms with Gasteiger partial charge in [-0.25, -0.2) is 4.98 Å². The topological polar surface area (TPSA) is 80.5 Å². The Morgan fingerprint density at radius 2 is 2.20 bits per heavy atom. The van der Waals surface area contributed by atoms with Gasteiger partial charge in [-0.3, -0.25) is 4.79 Å². The molecule has 0 radical (unpaired) electrons. The van der Waals surface area contributed by atoms with Gasteiger partial charge in [-0.1, -0.05) is 6.92 Å². The number of anilines is 2. The Labute approximate surface area is 119 Å². The maximum Gasteiger partial charge on any atom is 0.244 e. The molecule has 6 heteroatoms. The first-order valence-electron chi connectivity index (χ1n) is 6.92. The van der Waals surface area contributed by atoms with Crippen molar-refractivity contribution in [3.8, 4) is 0 Å². The third kappa shape index (κ3) is 3.46. The van der Waals surface area contributed by atoms with Crippen molar-refractivity contribution in [3.63, 3.8) is 0 Å². The standard InChI is InChI=1S/C14H22N4O2/c1-3-14(2,15)13(19)17-11-4-5-12(16-10-11)18-6-8-20-9-7-18/h4-5,10H,3,6-9,15H2,1-2H3,(H,17,19). The Bertz CT molecular complexity index is 453. The van der Waals surface area contributed by atoms with Crippen molar-refractivity contribution in [3.05, 3.63) is 18.3 Å². The maximum absolute atomic E-state index is 12.0. The van der Waals surface area contributed by atoms with Crippen LogP contribution in [0, 0.1) is 0 Å². The number of carbonyl (C=O) groups is 1. The number of amides is 1. The van der Waals surface area contributed by atoms with E-state index < -0.39 is 5.54 Å². The van der Waals surface area contributed by atoms with E-state index in [0.29, 0.717) is 12.1 Å². The van der Waals surface area contributed by atoms with Crippen LogP contribution in [0.2, 0.25) is 0 Å². The van der Waals surface area contributed by atoms with Crippen molar-refractivity contribution in [2.45, 2.75) is 25.8 Å². The third-order valence-corrected chi connectivity index (χ3v) is 3.59. The van der Waals surface area contributed by atoms with Crippen molar-refractivity contribution in [1.29, 1.82) is 0 Å². The average Bonchev–Trinajstić information content (AvgIpc) is 2.49. The van der Waals surface area contributed by atoms with E-state index in [1.165, 1.54) is 0 Å². The number of nitrogens with two attached hydrogens (primary N) is 1. The molecule has 20 heavy (non-hydrogen) atoms. The SMILES string of the molecule is CCC(C)(N)C(=O)Nc1ccc(N2CCOCC2)nc1. The highest BCUT2D eigenvalue weighted by atomic mass is 16.5. The molecule has 110 valence electrons. The lowest BCUT2D eigenvalue weighted by molar-refractivity contribution is -0.120. The summed E-state index contributed by atoms with van der Waals surface area (Å²) in [4.78, 5) is 18.5. The number of rotatable bonds is 4. The molecule has 0 bridgehead atoms. The quantitative estimate of drug-likeness (QED) is 0.858. The predicted octanol–water partition coefficient (Wildman–Crippen LogP) is 0.984. The number of morpholine rings is 1.